The van der Waals surface area contributed by atoms with Gasteiger partial charge in [-0.3, -0.25) is 4.79 Å². The molecule has 0 spiro atoms. The number of benzene rings is 2. The maximum atomic E-state index is 13.0. The number of thioether (sulfide) groups is 1. The van der Waals surface area contributed by atoms with E-state index in [2.05, 4.69) is 15.5 Å². The molecule has 146 valence electrons. The van der Waals surface area contributed by atoms with E-state index in [0.717, 1.165) is 11.8 Å². The number of methoxy groups -OCH3 is 1. The first-order valence-electron chi connectivity index (χ1n) is 8.42. The maximum Gasteiger partial charge on any atom is 0.277 e. The van der Waals surface area contributed by atoms with Crippen molar-refractivity contribution >= 4 is 23.4 Å². The number of hydrogen-bond acceptors (Lipinski definition) is 7. The summed E-state index contributed by atoms with van der Waals surface area (Å²) in [6, 6.07) is 10.9. The minimum Gasteiger partial charge on any atom is -0.493 e. The second-order valence-corrected chi connectivity index (χ2v) is 6.44. The Morgan fingerprint density at radius 2 is 1.96 bits per heavy atom. The first kappa shape index (κ1) is 19.7. The number of ether oxygens (including phenoxy) is 2. The lowest BCUT2D eigenvalue weighted by Gasteiger charge is -2.11. The van der Waals surface area contributed by atoms with Gasteiger partial charge in [-0.2, -0.15) is 0 Å². The number of carbonyl (C=O) groups is 1. The van der Waals surface area contributed by atoms with Crippen LogP contribution in [0.15, 0.2) is 52.1 Å². The van der Waals surface area contributed by atoms with Gasteiger partial charge in [0.15, 0.2) is 11.5 Å². The van der Waals surface area contributed by atoms with Crippen LogP contribution in [0.3, 0.4) is 0 Å². The Bertz CT molecular complexity index is 947. The van der Waals surface area contributed by atoms with Crippen molar-refractivity contribution in [3.05, 3.63) is 48.3 Å². The molecule has 28 heavy (non-hydrogen) atoms. The largest absolute Gasteiger partial charge is 0.493 e. The molecule has 0 aliphatic heterocycles. The van der Waals surface area contributed by atoms with Gasteiger partial charge in [-0.15, -0.1) is 10.2 Å². The van der Waals surface area contributed by atoms with Crippen molar-refractivity contribution in [3.8, 4) is 23.0 Å². The third kappa shape index (κ3) is 5.01. The highest BCUT2D eigenvalue weighted by molar-refractivity contribution is 7.99. The van der Waals surface area contributed by atoms with Crippen molar-refractivity contribution in [3.63, 3.8) is 0 Å². The summed E-state index contributed by atoms with van der Waals surface area (Å²) in [6.45, 7) is 2.40. The van der Waals surface area contributed by atoms with E-state index in [1.807, 2.05) is 6.92 Å². The highest BCUT2D eigenvalue weighted by atomic mass is 32.2. The number of aromatic nitrogens is 2. The number of nitrogens with zero attached hydrogens (tertiary/aromatic N) is 2. The zero-order valence-corrected chi connectivity index (χ0v) is 16.1. The van der Waals surface area contributed by atoms with Crippen molar-refractivity contribution in [2.45, 2.75) is 12.1 Å². The van der Waals surface area contributed by atoms with Crippen LogP contribution in [0.1, 0.15) is 6.92 Å². The first-order valence-corrected chi connectivity index (χ1v) is 9.40. The number of halogens is 1. The van der Waals surface area contributed by atoms with Crippen LogP contribution in [-0.2, 0) is 4.79 Å². The summed E-state index contributed by atoms with van der Waals surface area (Å²) in [5.41, 5.74) is 1.19. The van der Waals surface area contributed by atoms with Crippen molar-refractivity contribution < 1.29 is 23.1 Å². The van der Waals surface area contributed by atoms with Crippen molar-refractivity contribution in [2.75, 3.05) is 24.8 Å². The summed E-state index contributed by atoms with van der Waals surface area (Å²) in [7, 11) is 1.54. The lowest BCUT2D eigenvalue weighted by Crippen LogP contribution is -2.14. The fraction of sp³-hybridized carbons (Fsp3) is 0.211. The van der Waals surface area contributed by atoms with Crippen LogP contribution in [0.5, 0.6) is 11.5 Å². The topological polar surface area (TPSA) is 86.5 Å². The standard InChI is InChI=1S/C19H18FN3O4S/c1-3-26-15-9-8-14(10-16(15)25-2)21-17(24)11-28-19-23-22-18(27-19)12-4-6-13(20)7-5-12/h4-10H,3,11H2,1-2H3,(H,21,24). The van der Waals surface area contributed by atoms with Crippen LogP contribution in [0.25, 0.3) is 11.5 Å². The smallest absolute Gasteiger partial charge is 0.277 e. The Labute approximate surface area is 165 Å². The van der Waals surface area contributed by atoms with Gasteiger partial charge in [0.1, 0.15) is 5.82 Å². The summed E-state index contributed by atoms with van der Waals surface area (Å²) in [5.74, 6) is 0.905. The molecule has 3 aromatic rings. The predicted molar refractivity (Wildman–Crippen MR) is 103 cm³/mol. The number of anilines is 1. The van der Waals surface area contributed by atoms with Crippen LogP contribution in [-0.4, -0.2) is 35.6 Å². The molecule has 0 atom stereocenters. The zero-order valence-electron chi connectivity index (χ0n) is 15.3. The lowest BCUT2D eigenvalue weighted by atomic mass is 10.2. The van der Waals surface area contributed by atoms with Gasteiger partial charge in [0.05, 0.1) is 19.5 Å². The lowest BCUT2D eigenvalue weighted by molar-refractivity contribution is -0.113. The van der Waals surface area contributed by atoms with E-state index in [4.69, 9.17) is 13.9 Å². The molecule has 0 saturated heterocycles. The van der Waals surface area contributed by atoms with E-state index in [1.54, 1.807) is 30.3 Å². The normalized spacial score (nSPS) is 10.5. The maximum absolute atomic E-state index is 13.0. The first-order chi connectivity index (χ1) is 13.6. The van der Waals surface area contributed by atoms with Gasteiger partial charge < -0.3 is 19.2 Å². The Kier molecular flexibility index (Phi) is 6.49. The quantitative estimate of drug-likeness (QED) is 0.569. The third-order valence-electron chi connectivity index (χ3n) is 3.57. The molecule has 2 aromatic carbocycles. The molecule has 0 saturated carbocycles. The van der Waals surface area contributed by atoms with Gasteiger partial charge in [-0.25, -0.2) is 4.39 Å². The summed E-state index contributed by atoms with van der Waals surface area (Å²) in [4.78, 5) is 12.2. The fourth-order valence-corrected chi connectivity index (χ4v) is 2.88. The average Bonchev–Trinajstić information content (AvgIpc) is 3.17. The van der Waals surface area contributed by atoms with Gasteiger partial charge in [-0.05, 0) is 43.3 Å². The molecule has 0 aliphatic carbocycles. The Morgan fingerprint density at radius 3 is 2.68 bits per heavy atom. The molecule has 1 N–H and O–H groups in total. The summed E-state index contributed by atoms with van der Waals surface area (Å²) >= 11 is 1.11. The van der Waals surface area contributed by atoms with Crippen LogP contribution in [0, 0.1) is 5.82 Å². The van der Waals surface area contributed by atoms with Crippen LogP contribution < -0.4 is 14.8 Å². The minimum absolute atomic E-state index is 0.0839. The van der Waals surface area contributed by atoms with E-state index < -0.39 is 0 Å². The molecule has 0 fully saturated rings. The highest BCUT2D eigenvalue weighted by Crippen LogP contribution is 2.30. The SMILES string of the molecule is CCOc1ccc(NC(=O)CSc2nnc(-c3ccc(F)cc3)o2)cc1OC. The molecule has 1 amide bonds. The number of hydrogen-bond donors (Lipinski definition) is 1. The molecular formula is C19H18FN3O4S. The molecule has 0 unspecified atom stereocenters. The fourth-order valence-electron chi connectivity index (χ4n) is 2.32. The van der Waals surface area contributed by atoms with E-state index >= 15 is 0 Å². The van der Waals surface area contributed by atoms with Crippen molar-refractivity contribution in [1.29, 1.82) is 0 Å². The highest BCUT2D eigenvalue weighted by Gasteiger charge is 2.12. The minimum atomic E-state index is -0.347. The molecule has 0 aliphatic rings. The second-order valence-electron chi connectivity index (χ2n) is 5.52. The molecule has 0 bridgehead atoms. The number of nitrogens with one attached hydrogen (secondary N) is 1. The summed E-state index contributed by atoms with van der Waals surface area (Å²) < 4.78 is 29.2. The second kappa shape index (κ2) is 9.23. The van der Waals surface area contributed by atoms with Crippen molar-refractivity contribution in [1.82, 2.24) is 10.2 Å². The summed E-state index contributed by atoms with van der Waals surface area (Å²) in [5, 5.41) is 10.8. The van der Waals surface area contributed by atoms with Gasteiger partial charge >= 0.3 is 0 Å². The van der Waals surface area contributed by atoms with Gasteiger partial charge in [0.2, 0.25) is 11.8 Å². The molecule has 1 heterocycles. The van der Waals surface area contributed by atoms with E-state index in [-0.39, 0.29) is 28.6 Å². The molecule has 9 heteroatoms. The van der Waals surface area contributed by atoms with Gasteiger partial charge in [-0.1, -0.05) is 11.8 Å². The van der Waals surface area contributed by atoms with E-state index in [0.29, 0.717) is 29.4 Å². The number of rotatable bonds is 8. The van der Waals surface area contributed by atoms with Crippen LogP contribution in [0.4, 0.5) is 10.1 Å². The average molecular weight is 403 g/mol. The van der Waals surface area contributed by atoms with Gasteiger partial charge in [0, 0.05) is 17.3 Å². The van der Waals surface area contributed by atoms with E-state index in [1.165, 1.54) is 19.2 Å². The van der Waals surface area contributed by atoms with Gasteiger partial charge in [0.25, 0.3) is 5.22 Å². The number of carbonyl (C=O) groups excluding carboxylic acids is 1. The van der Waals surface area contributed by atoms with E-state index in [9.17, 15) is 9.18 Å². The molecular weight excluding hydrogens is 385 g/mol. The third-order valence-corrected chi connectivity index (χ3v) is 4.39. The monoisotopic (exact) mass is 403 g/mol. The molecule has 3 rings (SSSR count). The Morgan fingerprint density at radius 1 is 1.18 bits per heavy atom. The summed E-state index contributed by atoms with van der Waals surface area (Å²) in [6.07, 6.45) is 0. The Hall–Kier alpha value is -3.07. The van der Waals surface area contributed by atoms with Crippen molar-refractivity contribution in [2.24, 2.45) is 0 Å². The molecule has 0 radical (unpaired) electrons. The number of amides is 1. The Balaban J connectivity index is 1.57. The predicted octanol–water partition coefficient (Wildman–Crippen LogP) is 4.01. The zero-order chi connectivity index (χ0) is 19.9. The van der Waals surface area contributed by atoms with Crippen LogP contribution >= 0.6 is 11.8 Å². The molecule has 7 nitrogen and oxygen atoms in total. The van der Waals surface area contributed by atoms with Crippen LogP contribution in [0.2, 0.25) is 0 Å². The molecule has 1 aromatic heterocycles.